The van der Waals surface area contributed by atoms with Gasteiger partial charge in [-0.1, -0.05) is 23.8 Å². The van der Waals surface area contributed by atoms with Crippen molar-refractivity contribution in [1.29, 1.82) is 0 Å². The summed E-state index contributed by atoms with van der Waals surface area (Å²) in [6.07, 6.45) is 0. The van der Waals surface area contributed by atoms with Crippen molar-refractivity contribution in [1.82, 2.24) is 9.36 Å². The lowest BCUT2D eigenvalue weighted by Crippen LogP contribution is -1.83. The molecule has 1 aromatic carbocycles. The molecule has 0 spiro atoms. The van der Waals surface area contributed by atoms with Gasteiger partial charge in [0, 0.05) is 5.56 Å². The summed E-state index contributed by atoms with van der Waals surface area (Å²) in [5, 5.41) is 1.21. The maximum Gasteiger partial charge on any atom is 0.234 e. The molecule has 1 heterocycles. The maximum absolute atomic E-state index is 5.68. The molecule has 0 fully saturated rings. The van der Waals surface area contributed by atoms with Crippen LogP contribution in [-0.4, -0.2) is 9.36 Å². The topological polar surface area (TPSA) is 25.8 Å². The Hall–Kier alpha value is -0.930. The highest BCUT2D eigenvalue weighted by Gasteiger charge is 2.07. The zero-order chi connectivity index (χ0) is 10.1. The molecule has 0 bridgehead atoms. The van der Waals surface area contributed by atoms with Crippen LogP contribution >= 0.6 is 23.1 Å². The number of hydrogen-bond acceptors (Lipinski definition) is 3. The first-order valence-corrected chi connectivity index (χ1v) is 5.39. The van der Waals surface area contributed by atoms with E-state index in [1.54, 1.807) is 0 Å². The molecule has 0 saturated heterocycles. The average molecular weight is 225 g/mol. The van der Waals surface area contributed by atoms with Crippen molar-refractivity contribution in [3.8, 4) is 10.6 Å². The first kappa shape index (κ1) is 9.62. The van der Waals surface area contributed by atoms with Gasteiger partial charge in [-0.15, -0.1) is 0 Å². The van der Waals surface area contributed by atoms with E-state index in [9.17, 15) is 0 Å². The van der Waals surface area contributed by atoms with Gasteiger partial charge in [0.25, 0.3) is 0 Å². The number of aryl methyl sites for hydroxylation is 2. The van der Waals surface area contributed by atoms with Crippen molar-refractivity contribution < 1.29 is 0 Å². The fourth-order valence-electron chi connectivity index (χ4n) is 1.37. The van der Waals surface area contributed by atoms with Crippen LogP contribution in [-0.2, 0) is 0 Å². The first-order chi connectivity index (χ1) is 6.66. The smallest absolute Gasteiger partial charge is 0.205 e. The van der Waals surface area contributed by atoms with Crippen molar-refractivity contribution in [2.24, 2.45) is 0 Å². The van der Waals surface area contributed by atoms with Gasteiger partial charge in [0.1, 0.15) is 5.01 Å². The molecule has 2 aromatic rings. The molecule has 4 heteroatoms. The molecule has 0 amide bonds. The van der Waals surface area contributed by atoms with Crippen LogP contribution in [0.15, 0.2) is 18.2 Å². The van der Waals surface area contributed by atoms with Gasteiger partial charge in [0.2, 0.25) is 5.28 Å². The molecule has 0 saturated carbocycles. The van der Waals surface area contributed by atoms with Gasteiger partial charge in [-0.25, -0.2) is 4.98 Å². The third-order valence-electron chi connectivity index (χ3n) is 2.01. The van der Waals surface area contributed by atoms with Crippen LogP contribution in [0.1, 0.15) is 11.1 Å². The summed E-state index contributed by atoms with van der Waals surface area (Å²) in [4.78, 5) is 4.14. The number of benzene rings is 1. The molecule has 14 heavy (non-hydrogen) atoms. The molecule has 2 nitrogen and oxygen atoms in total. The Morgan fingerprint density at radius 1 is 1.29 bits per heavy atom. The second kappa shape index (κ2) is 3.67. The molecule has 0 aliphatic heterocycles. The van der Waals surface area contributed by atoms with Crippen LogP contribution in [0.3, 0.4) is 0 Å². The van der Waals surface area contributed by atoms with E-state index in [1.165, 1.54) is 22.7 Å². The number of rotatable bonds is 1. The minimum Gasteiger partial charge on any atom is -0.205 e. The van der Waals surface area contributed by atoms with Crippen LogP contribution in [0.25, 0.3) is 10.6 Å². The lowest BCUT2D eigenvalue weighted by atomic mass is 10.1. The maximum atomic E-state index is 5.68. The van der Waals surface area contributed by atoms with E-state index in [0.29, 0.717) is 5.28 Å². The molecule has 0 unspecified atom stereocenters. The number of halogens is 1. The molecule has 0 atom stereocenters. The lowest BCUT2D eigenvalue weighted by molar-refractivity contribution is 1.31. The second-order valence-corrected chi connectivity index (χ2v) is 4.28. The van der Waals surface area contributed by atoms with E-state index in [4.69, 9.17) is 11.6 Å². The third kappa shape index (κ3) is 1.79. The first-order valence-electron chi connectivity index (χ1n) is 4.23. The minimum absolute atomic E-state index is 0.324. The number of hydrogen-bond donors (Lipinski definition) is 0. The van der Waals surface area contributed by atoms with Crippen molar-refractivity contribution in [2.75, 3.05) is 0 Å². The third-order valence-corrected chi connectivity index (χ3v) is 3.03. The summed E-state index contributed by atoms with van der Waals surface area (Å²) >= 11 is 7.01. The molecular weight excluding hydrogens is 216 g/mol. The fraction of sp³-hybridized carbons (Fsp3) is 0.200. The quantitative estimate of drug-likeness (QED) is 0.741. The lowest BCUT2D eigenvalue weighted by Gasteiger charge is -2.01. The Morgan fingerprint density at radius 3 is 2.64 bits per heavy atom. The number of nitrogens with zero attached hydrogens (tertiary/aromatic N) is 2. The highest BCUT2D eigenvalue weighted by Crippen LogP contribution is 2.26. The summed E-state index contributed by atoms with van der Waals surface area (Å²) < 4.78 is 3.95. The summed E-state index contributed by atoms with van der Waals surface area (Å²) in [5.41, 5.74) is 3.57. The van der Waals surface area contributed by atoms with Gasteiger partial charge in [0.05, 0.1) is 0 Å². The standard InChI is InChI=1S/C10H9ClN2S/c1-6-3-4-8(7(2)5-6)9-12-10(11)13-14-9/h3-5H,1-2H3. The van der Waals surface area contributed by atoms with Crippen LogP contribution in [0.2, 0.25) is 5.28 Å². The highest BCUT2D eigenvalue weighted by molar-refractivity contribution is 7.09. The summed E-state index contributed by atoms with van der Waals surface area (Å²) in [6, 6.07) is 6.25. The summed E-state index contributed by atoms with van der Waals surface area (Å²) in [6.45, 7) is 4.14. The van der Waals surface area contributed by atoms with E-state index in [0.717, 1.165) is 10.6 Å². The van der Waals surface area contributed by atoms with Gasteiger partial charge in [0.15, 0.2) is 0 Å². The summed E-state index contributed by atoms with van der Waals surface area (Å²) in [5.74, 6) is 0. The zero-order valence-corrected chi connectivity index (χ0v) is 9.49. The zero-order valence-electron chi connectivity index (χ0n) is 7.91. The van der Waals surface area contributed by atoms with Gasteiger partial charge in [-0.3, -0.25) is 0 Å². The average Bonchev–Trinajstić information content (AvgIpc) is 2.51. The van der Waals surface area contributed by atoms with E-state index in [1.807, 2.05) is 0 Å². The molecule has 72 valence electrons. The van der Waals surface area contributed by atoms with Crippen molar-refractivity contribution in [3.63, 3.8) is 0 Å². The van der Waals surface area contributed by atoms with Crippen molar-refractivity contribution in [2.45, 2.75) is 13.8 Å². The highest BCUT2D eigenvalue weighted by atomic mass is 35.5. The van der Waals surface area contributed by atoms with Crippen molar-refractivity contribution in [3.05, 3.63) is 34.6 Å². The van der Waals surface area contributed by atoms with E-state index in [-0.39, 0.29) is 0 Å². The van der Waals surface area contributed by atoms with Gasteiger partial charge >= 0.3 is 0 Å². The monoisotopic (exact) mass is 224 g/mol. The Kier molecular flexibility index (Phi) is 2.52. The van der Waals surface area contributed by atoms with Crippen molar-refractivity contribution >= 4 is 23.1 Å². The largest absolute Gasteiger partial charge is 0.234 e. The van der Waals surface area contributed by atoms with E-state index >= 15 is 0 Å². The molecule has 0 radical (unpaired) electrons. The van der Waals surface area contributed by atoms with Gasteiger partial charge in [-0.2, -0.15) is 4.37 Å². The molecule has 2 rings (SSSR count). The summed E-state index contributed by atoms with van der Waals surface area (Å²) in [7, 11) is 0. The predicted molar refractivity (Wildman–Crippen MR) is 59.8 cm³/mol. The Bertz CT molecular complexity index is 465. The van der Waals surface area contributed by atoms with E-state index < -0.39 is 0 Å². The second-order valence-electron chi connectivity index (χ2n) is 3.19. The Balaban J connectivity index is 2.52. The predicted octanol–water partition coefficient (Wildman–Crippen LogP) is 3.48. The Labute approximate surface area is 91.7 Å². The van der Waals surface area contributed by atoms with Crippen LogP contribution in [0.5, 0.6) is 0 Å². The molecule has 0 aliphatic carbocycles. The molecule has 0 N–H and O–H groups in total. The van der Waals surface area contributed by atoms with Gasteiger partial charge in [-0.05, 0) is 42.5 Å². The van der Waals surface area contributed by atoms with Crippen LogP contribution in [0, 0.1) is 13.8 Å². The number of aromatic nitrogens is 2. The Morgan fingerprint density at radius 2 is 2.07 bits per heavy atom. The molecule has 0 aliphatic rings. The minimum atomic E-state index is 0.324. The fourth-order valence-corrected chi connectivity index (χ4v) is 2.26. The SMILES string of the molecule is Cc1ccc(-c2nc(Cl)ns2)c(C)c1. The normalized spacial score (nSPS) is 10.5. The van der Waals surface area contributed by atoms with Gasteiger partial charge < -0.3 is 0 Å². The van der Waals surface area contributed by atoms with E-state index in [2.05, 4.69) is 41.4 Å². The molecule has 1 aromatic heterocycles. The van der Waals surface area contributed by atoms with Crippen LogP contribution < -0.4 is 0 Å². The molecular formula is C10H9ClN2S. The van der Waals surface area contributed by atoms with Crippen LogP contribution in [0.4, 0.5) is 0 Å².